The highest BCUT2D eigenvalue weighted by atomic mass is 16.5. The van der Waals surface area contributed by atoms with Crippen LogP contribution in [0.1, 0.15) is 17.9 Å². The topological polar surface area (TPSA) is 90.0 Å². The fourth-order valence-electron chi connectivity index (χ4n) is 3.07. The van der Waals surface area contributed by atoms with E-state index in [9.17, 15) is 0 Å². The quantitative estimate of drug-likeness (QED) is 0.703. The minimum absolute atomic E-state index is 0.573. The van der Waals surface area contributed by atoms with Gasteiger partial charge in [0.25, 0.3) is 0 Å². The lowest BCUT2D eigenvalue weighted by molar-refractivity contribution is 0.381. The van der Waals surface area contributed by atoms with Crippen molar-refractivity contribution in [3.05, 3.63) is 35.9 Å². The highest BCUT2D eigenvalue weighted by Crippen LogP contribution is 2.28. The van der Waals surface area contributed by atoms with Crippen molar-refractivity contribution in [3.63, 3.8) is 0 Å². The third-order valence-corrected chi connectivity index (χ3v) is 4.40. The zero-order chi connectivity index (χ0) is 17.9. The number of benzene rings is 1. The van der Waals surface area contributed by atoms with Gasteiger partial charge in [-0.25, -0.2) is 4.68 Å². The van der Waals surface area contributed by atoms with Gasteiger partial charge in [-0.15, -0.1) is 0 Å². The van der Waals surface area contributed by atoms with Crippen LogP contribution in [0.15, 0.2) is 28.9 Å². The Hall–Kier alpha value is -3.03. The van der Waals surface area contributed by atoms with E-state index in [2.05, 4.69) is 38.9 Å². The van der Waals surface area contributed by atoms with Crippen LogP contribution in [-0.4, -0.2) is 40.1 Å². The van der Waals surface area contributed by atoms with Crippen molar-refractivity contribution >= 4 is 11.5 Å². The van der Waals surface area contributed by atoms with E-state index in [-0.39, 0.29) is 0 Å². The van der Waals surface area contributed by atoms with Crippen LogP contribution in [0.5, 0.6) is 5.75 Å². The van der Waals surface area contributed by atoms with Crippen molar-refractivity contribution in [1.82, 2.24) is 19.9 Å². The summed E-state index contributed by atoms with van der Waals surface area (Å²) in [4.78, 5) is 4.51. The highest BCUT2D eigenvalue weighted by Gasteiger charge is 2.19. The maximum absolute atomic E-state index is 5.40. The molecule has 0 saturated carbocycles. The second kappa shape index (κ2) is 7.07. The van der Waals surface area contributed by atoms with Crippen molar-refractivity contribution in [3.8, 4) is 17.1 Å². The second-order valence-electron chi connectivity index (χ2n) is 6.30. The smallest absolute Gasteiger partial charge is 0.228 e. The molecular formula is C18H22N6O2. The fourth-order valence-corrected chi connectivity index (χ4v) is 3.07. The normalized spacial score (nSPS) is 13.2. The number of aromatic nitrogens is 4. The Morgan fingerprint density at radius 1 is 1.38 bits per heavy atom. The summed E-state index contributed by atoms with van der Waals surface area (Å²) >= 11 is 0. The number of fused-ring (bicyclic) bond motifs is 1. The first-order valence-electron chi connectivity index (χ1n) is 8.76. The lowest BCUT2D eigenvalue weighted by Crippen LogP contribution is -2.17. The van der Waals surface area contributed by atoms with Crippen LogP contribution in [0.2, 0.25) is 0 Å². The van der Waals surface area contributed by atoms with Crippen LogP contribution < -0.4 is 15.4 Å². The van der Waals surface area contributed by atoms with Crippen molar-refractivity contribution in [2.75, 3.05) is 30.8 Å². The van der Waals surface area contributed by atoms with Crippen LogP contribution in [0.25, 0.3) is 11.4 Å². The Morgan fingerprint density at radius 3 is 3.19 bits per heavy atom. The molecule has 0 spiro atoms. The number of anilines is 2. The van der Waals surface area contributed by atoms with E-state index in [1.165, 1.54) is 5.56 Å². The summed E-state index contributed by atoms with van der Waals surface area (Å²) in [6.45, 7) is 4.57. The molecule has 0 unspecified atom stereocenters. The molecule has 4 rings (SSSR count). The fraction of sp³-hybridized carbons (Fsp3) is 0.389. The predicted molar refractivity (Wildman–Crippen MR) is 98.6 cm³/mol. The van der Waals surface area contributed by atoms with E-state index in [1.54, 1.807) is 13.3 Å². The lowest BCUT2D eigenvalue weighted by atomic mass is 10.2. The average molecular weight is 354 g/mol. The molecule has 1 aromatic carbocycles. The number of ether oxygens (including phenoxy) is 1. The standard InChI is InChI=1S/C18H22N6O2/c1-12-4-5-15(25-2)14(10-12)19-8-6-16-22-17(23-26-16)13-11-21-24-9-3-7-20-18(13)24/h4-5,10-11,19-20H,3,6-9H2,1-2H3. The number of nitrogens with one attached hydrogen (secondary N) is 2. The molecule has 2 aromatic heterocycles. The van der Waals surface area contributed by atoms with Gasteiger partial charge in [0.1, 0.15) is 11.6 Å². The molecule has 0 amide bonds. The summed E-state index contributed by atoms with van der Waals surface area (Å²) in [6, 6.07) is 6.04. The molecule has 3 aromatic rings. The van der Waals surface area contributed by atoms with Crippen LogP contribution >= 0.6 is 0 Å². The minimum Gasteiger partial charge on any atom is -0.495 e. The van der Waals surface area contributed by atoms with Gasteiger partial charge < -0.3 is 19.9 Å². The Balaban J connectivity index is 1.42. The van der Waals surface area contributed by atoms with Crippen molar-refractivity contribution in [2.24, 2.45) is 0 Å². The third kappa shape index (κ3) is 3.22. The molecule has 1 aliphatic rings. The molecule has 2 N–H and O–H groups in total. The molecule has 0 saturated heterocycles. The zero-order valence-corrected chi connectivity index (χ0v) is 15.0. The maximum atomic E-state index is 5.40. The summed E-state index contributed by atoms with van der Waals surface area (Å²) in [5, 5.41) is 15.2. The summed E-state index contributed by atoms with van der Waals surface area (Å²) in [5.74, 6) is 2.95. The first-order chi connectivity index (χ1) is 12.7. The Bertz CT molecular complexity index is 901. The van der Waals surface area contributed by atoms with Crippen LogP contribution in [0.3, 0.4) is 0 Å². The molecule has 0 aliphatic carbocycles. The molecule has 8 heteroatoms. The predicted octanol–water partition coefficient (Wildman–Crippen LogP) is 2.72. The number of nitrogens with zero attached hydrogens (tertiary/aromatic N) is 4. The molecule has 26 heavy (non-hydrogen) atoms. The Morgan fingerprint density at radius 2 is 2.31 bits per heavy atom. The summed E-state index contributed by atoms with van der Waals surface area (Å²) in [6.07, 6.45) is 3.48. The van der Waals surface area contributed by atoms with E-state index in [1.807, 2.05) is 16.8 Å². The summed E-state index contributed by atoms with van der Waals surface area (Å²) in [5.41, 5.74) is 3.02. The van der Waals surface area contributed by atoms with Gasteiger partial charge in [-0.05, 0) is 31.0 Å². The van der Waals surface area contributed by atoms with E-state index in [0.717, 1.165) is 42.3 Å². The number of rotatable bonds is 6. The number of methoxy groups -OCH3 is 1. The van der Waals surface area contributed by atoms with Gasteiger partial charge in [-0.3, -0.25) is 0 Å². The van der Waals surface area contributed by atoms with E-state index in [0.29, 0.717) is 24.7 Å². The third-order valence-electron chi connectivity index (χ3n) is 4.40. The number of hydrogen-bond acceptors (Lipinski definition) is 7. The van der Waals surface area contributed by atoms with Gasteiger partial charge in [-0.1, -0.05) is 11.2 Å². The second-order valence-corrected chi connectivity index (χ2v) is 6.30. The van der Waals surface area contributed by atoms with Gasteiger partial charge in [0, 0.05) is 26.1 Å². The van der Waals surface area contributed by atoms with Crippen LogP contribution in [0, 0.1) is 6.92 Å². The van der Waals surface area contributed by atoms with E-state index in [4.69, 9.17) is 9.26 Å². The molecule has 8 nitrogen and oxygen atoms in total. The zero-order valence-electron chi connectivity index (χ0n) is 15.0. The van der Waals surface area contributed by atoms with E-state index < -0.39 is 0 Å². The van der Waals surface area contributed by atoms with E-state index >= 15 is 0 Å². The number of hydrogen-bond donors (Lipinski definition) is 2. The van der Waals surface area contributed by atoms with Crippen LogP contribution in [-0.2, 0) is 13.0 Å². The monoisotopic (exact) mass is 354 g/mol. The molecule has 0 fully saturated rings. The molecule has 0 radical (unpaired) electrons. The van der Waals surface area contributed by atoms with Gasteiger partial charge in [-0.2, -0.15) is 10.1 Å². The van der Waals surface area contributed by atoms with Crippen LogP contribution in [0.4, 0.5) is 11.5 Å². The van der Waals surface area contributed by atoms with Gasteiger partial charge >= 0.3 is 0 Å². The molecule has 1 aliphatic heterocycles. The van der Waals surface area contributed by atoms with Gasteiger partial charge in [0.15, 0.2) is 0 Å². The Labute approximate surface area is 151 Å². The highest BCUT2D eigenvalue weighted by molar-refractivity contribution is 5.70. The molecule has 136 valence electrons. The minimum atomic E-state index is 0.573. The lowest BCUT2D eigenvalue weighted by Gasteiger charge is -2.15. The summed E-state index contributed by atoms with van der Waals surface area (Å²) < 4.78 is 12.7. The molecular weight excluding hydrogens is 332 g/mol. The SMILES string of the molecule is COc1ccc(C)cc1NCCc1nc(-c2cnn3c2NCCC3)no1. The molecule has 0 atom stereocenters. The first kappa shape index (κ1) is 16.4. The first-order valence-corrected chi connectivity index (χ1v) is 8.76. The van der Waals surface area contributed by atoms with Gasteiger partial charge in [0.2, 0.25) is 11.7 Å². The van der Waals surface area contributed by atoms with Crippen molar-refractivity contribution in [2.45, 2.75) is 26.3 Å². The van der Waals surface area contributed by atoms with Crippen molar-refractivity contribution in [1.29, 1.82) is 0 Å². The Kier molecular flexibility index (Phi) is 4.47. The van der Waals surface area contributed by atoms with Crippen molar-refractivity contribution < 1.29 is 9.26 Å². The maximum Gasteiger partial charge on any atom is 0.228 e. The molecule has 0 bridgehead atoms. The average Bonchev–Trinajstić information content (AvgIpc) is 3.28. The largest absolute Gasteiger partial charge is 0.495 e. The van der Waals surface area contributed by atoms with Gasteiger partial charge in [0.05, 0.1) is 24.6 Å². The molecule has 3 heterocycles. The number of aryl methyl sites for hydroxylation is 2. The summed E-state index contributed by atoms with van der Waals surface area (Å²) in [7, 11) is 1.67.